The van der Waals surface area contributed by atoms with Crippen LogP contribution in [0.15, 0.2) is 36.5 Å². The van der Waals surface area contributed by atoms with Crippen LogP contribution in [0.25, 0.3) is 10.9 Å². The summed E-state index contributed by atoms with van der Waals surface area (Å²) >= 11 is 0. The zero-order valence-corrected chi connectivity index (χ0v) is 18.5. The Morgan fingerprint density at radius 3 is 2.65 bits per heavy atom. The topological polar surface area (TPSA) is 65.6 Å². The van der Waals surface area contributed by atoms with Crippen molar-refractivity contribution in [1.82, 2.24) is 9.88 Å². The number of aromatic amines is 1. The molecule has 2 aliphatic heterocycles. The zero-order valence-electron chi connectivity index (χ0n) is 18.5. The molecule has 2 aromatic carbocycles. The second-order valence-electron chi connectivity index (χ2n) is 9.43. The minimum atomic E-state index is -0.551. The molecule has 0 unspecified atom stereocenters. The molecule has 3 aromatic rings. The number of β-amino-alcohol motifs (C(OH)–C–C–N with tert-alkyl or cyclic N) is 1. The van der Waals surface area contributed by atoms with Crippen LogP contribution >= 0.6 is 0 Å². The number of carbonyl (C=O) groups is 1. The number of fused-ring (bicyclic) bond motifs is 2. The van der Waals surface area contributed by atoms with E-state index in [0.29, 0.717) is 13.0 Å². The van der Waals surface area contributed by atoms with Crippen molar-refractivity contribution in [2.75, 3.05) is 19.6 Å². The average molecular weight is 419 g/mol. The number of H-pyrrole nitrogens is 1. The van der Waals surface area contributed by atoms with E-state index >= 15 is 0 Å². The van der Waals surface area contributed by atoms with Crippen molar-refractivity contribution in [1.29, 1.82) is 0 Å². The number of hydrogen-bond acceptors (Lipinski definition) is 4. The fourth-order valence-corrected chi connectivity index (χ4v) is 5.05. The maximum Gasteiger partial charge on any atom is 0.170 e. The molecule has 1 saturated heterocycles. The van der Waals surface area contributed by atoms with Crippen LogP contribution in [-0.2, 0) is 0 Å². The summed E-state index contributed by atoms with van der Waals surface area (Å²) in [5.41, 5.74) is 5.77. The van der Waals surface area contributed by atoms with E-state index in [4.69, 9.17) is 4.74 Å². The molecule has 2 aliphatic rings. The minimum Gasteiger partial charge on any atom is -0.486 e. The molecule has 162 valence electrons. The molecule has 1 aromatic heterocycles. The average Bonchev–Trinajstić information content (AvgIpc) is 3.15. The van der Waals surface area contributed by atoms with Gasteiger partial charge in [0.25, 0.3) is 0 Å². The number of aliphatic hydroxyl groups excluding tert-OH is 1. The van der Waals surface area contributed by atoms with Crippen molar-refractivity contribution in [3.63, 3.8) is 0 Å². The summed E-state index contributed by atoms with van der Waals surface area (Å²) in [7, 11) is 0. The molecule has 31 heavy (non-hydrogen) atoms. The quantitative estimate of drug-likeness (QED) is 0.651. The number of Topliss-reactive ketones (excluding diaryl/α,β-unsaturated/α-hetero) is 1. The Bertz CT molecular complexity index is 1150. The monoisotopic (exact) mass is 418 g/mol. The first kappa shape index (κ1) is 20.3. The number of aromatic nitrogens is 1. The molecule has 0 amide bonds. The SMILES string of the molecule is Cc1ccc2[nH]cc([C@@H](O)CN3CCC4(CC3)CC(=O)c3cc(C)c(C)cc3O4)c2c1. The first-order valence-corrected chi connectivity index (χ1v) is 11.2. The Labute approximate surface area is 183 Å². The highest BCUT2D eigenvalue weighted by Gasteiger charge is 2.43. The minimum absolute atomic E-state index is 0.187. The van der Waals surface area contributed by atoms with Gasteiger partial charge in [-0.05, 0) is 56.2 Å². The number of aliphatic hydroxyl groups is 1. The third-order valence-electron chi connectivity index (χ3n) is 7.13. The summed E-state index contributed by atoms with van der Waals surface area (Å²) in [6.45, 7) is 8.36. The highest BCUT2D eigenvalue weighted by Crippen LogP contribution is 2.40. The number of piperidine rings is 1. The van der Waals surface area contributed by atoms with Crippen LogP contribution in [0.1, 0.15) is 58.0 Å². The van der Waals surface area contributed by atoms with E-state index in [1.807, 2.05) is 25.3 Å². The number of hydrogen-bond donors (Lipinski definition) is 2. The molecule has 0 bridgehead atoms. The van der Waals surface area contributed by atoms with Gasteiger partial charge >= 0.3 is 0 Å². The molecule has 5 heteroatoms. The van der Waals surface area contributed by atoms with Crippen molar-refractivity contribution < 1.29 is 14.6 Å². The number of carbonyl (C=O) groups excluding carboxylic acids is 1. The Balaban J connectivity index is 1.27. The van der Waals surface area contributed by atoms with Gasteiger partial charge in [-0.1, -0.05) is 11.6 Å². The van der Waals surface area contributed by atoms with E-state index in [-0.39, 0.29) is 5.78 Å². The number of likely N-dealkylation sites (tertiary alicyclic amines) is 1. The summed E-state index contributed by atoms with van der Waals surface area (Å²) in [5.74, 6) is 0.925. The van der Waals surface area contributed by atoms with E-state index in [1.165, 1.54) is 5.56 Å². The second kappa shape index (κ2) is 7.50. The van der Waals surface area contributed by atoms with Gasteiger partial charge in [0.05, 0.1) is 18.1 Å². The van der Waals surface area contributed by atoms with Crippen molar-refractivity contribution in [2.24, 2.45) is 0 Å². The summed E-state index contributed by atoms with van der Waals surface area (Å²) in [4.78, 5) is 18.4. The van der Waals surface area contributed by atoms with Crippen molar-refractivity contribution in [2.45, 2.75) is 51.7 Å². The number of benzene rings is 2. The molecule has 0 radical (unpaired) electrons. The number of rotatable bonds is 3. The summed E-state index contributed by atoms with van der Waals surface area (Å²) in [5, 5.41) is 12.0. The van der Waals surface area contributed by atoms with Gasteiger partial charge in [0.2, 0.25) is 0 Å². The van der Waals surface area contributed by atoms with Crippen LogP contribution in [0.2, 0.25) is 0 Å². The molecular formula is C26H30N2O3. The predicted molar refractivity (Wildman–Crippen MR) is 122 cm³/mol. The molecule has 2 N–H and O–H groups in total. The third-order valence-corrected chi connectivity index (χ3v) is 7.13. The lowest BCUT2D eigenvalue weighted by molar-refractivity contribution is -0.0182. The first-order valence-electron chi connectivity index (χ1n) is 11.2. The van der Waals surface area contributed by atoms with Crippen LogP contribution in [0.3, 0.4) is 0 Å². The molecular weight excluding hydrogens is 388 g/mol. The van der Waals surface area contributed by atoms with E-state index in [2.05, 4.69) is 41.9 Å². The van der Waals surface area contributed by atoms with Crippen LogP contribution in [0.5, 0.6) is 5.75 Å². The van der Waals surface area contributed by atoms with Gasteiger partial charge in [-0.25, -0.2) is 0 Å². The molecule has 3 heterocycles. The van der Waals surface area contributed by atoms with Crippen LogP contribution < -0.4 is 4.74 Å². The number of nitrogens with zero attached hydrogens (tertiary/aromatic N) is 1. The standard InChI is InChI=1S/C26H30N2O3/c1-16-4-5-22-19(10-16)21(14-27-22)24(30)15-28-8-6-26(7-9-28)13-23(29)20-11-17(2)18(3)12-25(20)31-26/h4-5,10-12,14,24,27,30H,6-9,13,15H2,1-3H3/t24-/m0/s1. The number of ether oxygens (including phenoxy) is 1. The maximum atomic E-state index is 12.9. The zero-order chi connectivity index (χ0) is 21.8. The summed E-state index contributed by atoms with van der Waals surface area (Å²) < 4.78 is 6.45. The largest absolute Gasteiger partial charge is 0.486 e. The molecule has 0 saturated carbocycles. The summed E-state index contributed by atoms with van der Waals surface area (Å²) in [6, 6.07) is 10.2. The van der Waals surface area contributed by atoms with Gasteiger partial charge in [0.1, 0.15) is 11.4 Å². The molecule has 5 rings (SSSR count). The lowest BCUT2D eigenvalue weighted by Crippen LogP contribution is -2.51. The smallest absolute Gasteiger partial charge is 0.170 e. The van der Waals surface area contributed by atoms with Gasteiger partial charge < -0.3 is 19.7 Å². The van der Waals surface area contributed by atoms with Crippen molar-refractivity contribution in [3.05, 3.63) is 64.3 Å². The first-order chi connectivity index (χ1) is 14.8. The highest BCUT2D eigenvalue weighted by atomic mass is 16.5. The molecule has 0 aliphatic carbocycles. The third kappa shape index (κ3) is 3.66. The lowest BCUT2D eigenvalue weighted by atomic mass is 9.82. The maximum absolute atomic E-state index is 12.9. The Morgan fingerprint density at radius 1 is 1.13 bits per heavy atom. The van der Waals surface area contributed by atoms with Crippen LogP contribution in [-0.4, -0.2) is 46.0 Å². The Kier molecular flexibility index (Phi) is 4.91. The number of ketones is 1. The predicted octanol–water partition coefficient (Wildman–Crippen LogP) is 4.63. The second-order valence-corrected chi connectivity index (χ2v) is 9.43. The number of aryl methyl sites for hydroxylation is 3. The van der Waals surface area contributed by atoms with Gasteiger partial charge in [-0.2, -0.15) is 0 Å². The highest BCUT2D eigenvalue weighted by molar-refractivity contribution is 6.00. The van der Waals surface area contributed by atoms with E-state index in [9.17, 15) is 9.90 Å². The van der Waals surface area contributed by atoms with Crippen LogP contribution in [0.4, 0.5) is 0 Å². The fraction of sp³-hybridized carbons (Fsp3) is 0.423. The van der Waals surface area contributed by atoms with Gasteiger partial charge in [0.15, 0.2) is 5.78 Å². The fourth-order valence-electron chi connectivity index (χ4n) is 5.05. The van der Waals surface area contributed by atoms with Crippen molar-refractivity contribution >= 4 is 16.7 Å². The Morgan fingerprint density at radius 2 is 1.87 bits per heavy atom. The summed E-state index contributed by atoms with van der Waals surface area (Å²) in [6.07, 6.45) is 3.41. The number of nitrogens with one attached hydrogen (secondary N) is 1. The normalized spacial score (nSPS) is 19.4. The molecule has 1 spiro atoms. The van der Waals surface area contributed by atoms with Crippen molar-refractivity contribution in [3.8, 4) is 5.75 Å². The van der Waals surface area contributed by atoms with Crippen LogP contribution in [0, 0.1) is 20.8 Å². The Hall–Kier alpha value is -2.63. The van der Waals surface area contributed by atoms with Gasteiger partial charge in [-0.3, -0.25) is 4.79 Å². The molecule has 1 fully saturated rings. The van der Waals surface area contributed by atoms with E-state index < -0.39 is 11.7 Å². The molecule has 1 atom stereocenters. The van der Waals surface area contributed by atoms with Gasteiger partial charge in [0, 0.05) is 55.1 Å². The lowest BCUT2D eigenvalue weighted by Gasteiger charge is -2.44. The van der Waals surface area contributed by atoms with Gasteiger partial charge in [-0.15, -0.1) is 0 Å². The van der Waals surface area contributed by atoms with E-state index in [0.717, 1.165) is 64.8 Å². The van der Waals surface area contributed by atoms with E-state index in [1.54, 1.807) is 0 Å². The molecule has 5 nitrogen and oxygen atoms in total.